The van der Waals surface area contributed by atoms with Crippen molar-refractivity contribution >= 4 is 23.3 Å². The lowest BCUT2D eigenvalue weighted by Gasteiger charge is -2.32. The number of hydrogen-bond acceptors (Lipinski definition) is 6. The molecule has 0 bridgehead atoms. The number of ether oxygens (including phenoxy) is 1. The van der Waals surface area contributed by atoms with Crippen LogP contribution in [0.4, 0.5) is 11.4 Å². The number of rotatable bonds is 6. The number of nitro groups is 1. The standard InChI is InChI=1S/C19H27N3O5/c1-13(2)21(12-18(23)27-4)19(24)15-5-6-16(17(11-15)22(25)26)20-9-7-14(3)8-10-20/h5-6,11,13-14H,7-10,12H2,1-4H3. The first kappa shape index (κ1) is 20.7. The second kappa shape index (κ2) is 8.83. The first-order chi connectivity index (χ1) is 12.7. The summed E-state index contributed by atoms with van der Waals surface area (Å²) in [5.41, 5.74) is 0.637. The number of benzene rings is 1. The van der Waals surface area contributed by atoms with E-state index in [1.54, 1.807) is 26.0 Å². The quantitative estimate of drug-likeness (QED) is 0.430. The Bertz CT molecular complexity index is 711. The third kappa shape index (κ3) is 4.96. The van der Waals surface area contributed by atoms with Gasteiger partial charge in [-0.3, -0.25) is 19.7 Å². The van der Waals surface area contributed by atoms with Crippen LogP contribution >= 0.6 is 0 Å². The van der Waals surface area contributed by atoms with Crippen molar-refractivity contribution in [2.24, 2.45) is 5.92 Å². The van der Waals surface area contributed by atoms with E-state index in [9.17, 15) is 19.7 Å². The number of carbonyl (C=O) groups is 2. The van der Waals surface area contributed by atoms with Gasteiger partial charge >= 0.3 is 5.97 Å². The van der Waals surface area contributed by atoms with Crippen LogP contribution in [0, 0.1) is 16.0 Å². The van der Waals surface area contributed by atoms with E-state index in [4.69, 9.17) is 0 Å². The van der Waals surface area contributed by atoms with Gasteiger partial charge in [0.05, 0.1) is 12.0 Å². The minimum absolute atomic E-state index is 0.0859. The molecular weight excluding hydrogens is 350 g/mol. The second-order valence-electron chi connectivity index (χ2n) is 7.23. The van der Waals surface area contributed by atoms with Gasteiger partial charge in [0.25, 0.3) is 11.6 Å². The summed E-state index contributed by atoms with van der Waals surface area (Å²) in [5.74, 6) is -0.359. The Morgan fingerprint density at radius 2 is 1.96 bits per heavy atom. The van der Waals surface area contributed by atoms with Gasteiger partial charge in [-0.15, -0.1) is 0 Å². The third-order valence-corrected chi connectivity index (χ3v) is 4.95. The Hall–Kier alpha value is -2.64. The third-order valence-electron chi connectivity index (χ3n) is 4.95. The van der Waals surface area contributed by atoms with Crippen molar-refractivity contribution in [3.63, 3.8) is 0 Å². The number of nitro benzene ring substituents is 1. The van der Waals surface area contributed by atoms with Gasteiger partial charge in [-0.25, -0.2) is 0 Å². The Balaban J connectivity index is 2.32. The van der Waals surface area contributed by atoms with E-state index in [1.807, 2.05) is 4.90 Å². The predicted molar refractivity (Wildman–Crippen MR) is 102 cm³/mol. The molecule has 8 nitrogen and oxygen atoms in total. The van der Waals surface area contributed by atoms with E-state index in [-0.39, 0.29) is 23.8 Å². The van der Waals surface area contributed by atoms with E-state index in [1.165, 1.54) is 18.1 Å². The van der Waals surface area contributed by atoms with E-state index in [0.29, 0.717) is 11.6 Å². The van der Waals surface area contributed by atoms with E-state index < -0.39 is 16.8 Å². The van der Waals surface area contributed by atoms with Crippen molar-refractivity contribution in [3.05, 3.63) is 33.9 Å². The normalized spacial score (nSPS) is 14.9. The van der Waals surface area contributed by atoms with Gasteiger partial charge in [0, 0.05) is 30.8 Å². The largest absolute Gasteiger partial charge is 0.468 e. The molecular formula is C19H27N3O5. The highest BCUT2D eigenvalue weighted by molar-refractivity contribution is 5.97. The zero-order chi connectivity index (χ0) is 20.1. The molecule has 1 fully saturated rings. The molecule has 0 aromatic heterocycles. The lowest BCUT2D eigenvalue weighted by molar-refractivity contribution is -0.384. The summed E-state index contributed by atoms with van der Waals surface area (Å²) in [4.78, 5) is 38.9. The molecule has 27 heavy (non-hydrogen) atoms. The molecule has 1 aromatic rings. The van der Waals surface area contributed by atoms with Gasteiger partial charge in [0.2, 0.25) is 0 Å². The fraction of sp³-hybridized carbons (Fsp3) is 0.579. The van der Waals surface area contributed by atoms with Crippen LogP contribution in [0.15, 0.2) is 18.2 Å². The molecule has 0 saturated carbocycles. The van der Waals surface area contributed by atoms with Gasteiger partial charge in [0.15, 0.2) is 0 Å². The monoisotopic (exact) mass is 377 g/mol. The maximum atomic E-state index is 12.8. The van der Waals surface area contributed by atoms with Crippen LogP contribution in [0.3, 0.4) is 0 Å². The Morgan fingerprint density at radius 3 is 2.48 bits per heavy atom. The van der Waals surface area contributed by atoms with Crippen molar-refractivity contribution in [2.75, 3.05) is 31.6 Å². The van der Waals surface area contributed by atoms with Gasteiger partial charge in [-0.05, 0) is 44.7 Å². The number of piperidine rings is 1. The molecule has 1 heterocycles. The van der Waals surface area contributed by atoms with Gasteiger partial charge in [0.1, 0.15) is 12.2 Å². The number of amides is 1. The lowest BCUT2D eigenvalue weighted by Crippen LogP contribution is -2.41. The topological polar surface area (TPSA) is 93.0 Å². The van der Waals surface area contributed by atoms with Crippen molar-refractivity contribution in [1.82, 2.24) is 4.90 Å². The summed E-state index contributed by atoms with van der Waals surface area (Å²) in [5, 5.41) is 11.6. The molecule has 1 aliphatic rings. The van der Waals surface area contributed by atoms with Crippen LogP contribution in [-0.4, -0.2) is 54.5 Å². The molecule has 0 N–H and O–H groups in total. The number of esters is 1. The molecule has 1 aromatic carbocycles. The molecule has 0 spiro atoms. The Labute approximate surface area is 159 Å². The number of hydrogen-bond donors (Lipinski definition) is 0. The minimum atomic E-state index is -0.536. The van der Waals surface area contributed by atoms with Gasteiger partial charge in [-0.1, -0.05) is 6.92 Å². The van der Waals surface area contributed by atoms with Crippen LogP contribution in [0.25, 0.3) is 0 Å². The minimum Gasteiger partial charge on any atom is -0.468 e. The van der Waals surface area contributed by atoms with Crippen molar-refractivity contribution in [3.8, 4) is 0 Å². The second-order valence-corrected chi connectivity index (χ2v) is 7.23. The molecule has 2 rings (SSSR count). The van der Waals surface area contributed by atoms with Crippen molar-refractivity contribution in [1.29, 1.82) is 0 Å². The summed E-state index contributed by atoms with van der Waals surface area (Å²) < 4.78 is 4.64. The Morgan fingerprint density at radius 1 is 1.33 bits per heavy atom. The summed E-state index contributed by atoms with van der Waals surface area (Å²) in [6, 6.07) is 4.29. The molecule has 0 radical (unpaired) electrons. The smallest absolute Gasteiger partial charge is 0.325 e. The SMILES string of the molecule is COC(=O)CN(C(=O)c1ccc(N2CCC(C)CC2)c([N+](=O)[O-])c1)C(C)C. The first-order valence-corrected chi connectivity index (χ1v) is 9.15. The number of nitrogens with zero attached hydrogens (tertiary/aromatic N) is 3. The maximum absolute atomic E-state index is 12.8. The molecule has 0 atom stereocenters. The van der Waals surface area contributed by atoms with E-state index >= 15 is 0 Å². The van der Waals surface area contributed by atoms with Crippen LogP contribution in [-0.2, 0) is 9.53 Å². The molecule has 1 aliphatic heterocycles. The lowest BCUT2D eigenvalue weighted by atomic mass is 9.98. The van der Waals surface area contributed by atoms with Gasteiger partial charge < -0.3 is 14.5 Å². The zero-order valence-corrected chi connectivity index (χ0v) is 16.3. The average Bonchev–Trinajstić information content (AvgIpc) is 2.65. The summed E-state index contributed by atoms with van der Waals surface area (Å²) in [6.45, 7) is 7.05. The van der Waals surface area contributed by atoms with Crippen molar-refractivity contribution < 1.29 is 19.2 Å². The van der Waals surface area contributed by atoms with E-state index in [2.05, 4.69) is 11.7 Å². The molecule has 148 valence electrons. The Kier molecular flexibility index (Phi) is 6.76. The number of anilines is 1. The molecule has 0 unspecified atom stereocenters. The van der Waals surface area contributed by atoms with Crippen LogP contribution in [0.5, 0.6) is 0 Å². The fourth-order valence-corrected chi connectivity index (χ4v) is 3.18. The number of methoxy groups -OCH3 is 1. The van der Waals surface area contributed by atoms with Gasteiger partial charge in [-0.2, -0.15) is 0 Å². The summed E-state index contributed by atoms with van der Waals surface area (Å²) >= 11 is 0. The maximum Gasteiger partial charge on any atom is 0.325 e. The summed E-state index contributed by atoms with van der Waals surface area (Å²) in [6.07, 6.45) is 1.97. The predicted octanol–water partition coefficient (Wildman–Crippen LogP) is 2.85. The molecule has 0 aliphatic carbocycles. The molecule has 1 amide bonds. The molecule has 8 heteroatoms. The highest BCUT2D eigenvalue weighted by Crippen LogP contribution is 2.32. The van der Waals surface area contributed by atoms with Crippen molar-refractivity contribution in [2.45, 2.75) is 39.7 Å². The highest BCUT2D eigenvalue weighted by Gasteiger charge is 2.27. The molecule has 1 saturated heterocycles. The zero-order valence-electron chi connectivity index (χ0n) is 16.3. The average molecular weight is 377 g/mol. The highest BCUT2D eigenvalue weighted by atomic mass is 16.6. The number of carbonyl (C=O) groups excluding carboxylic acids is 2. The fourth-order valence-electron chi connectivity index (χ4n) is 3.18. The first-order valence-electron chi connectivity index (χ1n) is 9.15. The van der Waals surface area contributed by atoms with E-state index in [0.717, 1.165) is 25.9 Å². The van der Waals surface area contributed by atoms with Crippen LogP contribution in [0.1, 0.15) is 44.0 Å². The van der Waals surface area contributed by atoms with Crippen LogP contribution < -0.4 is 4.90 Å². The van der Waals surface area contributed by atoms with Crippen LogP contribution in [0.2, 0.25) is 0 Å². The summed E-state index contributed by atoms with van der Waals surface area (Å²) in [7, 11) is 1.25.